The van der Waals surface area contributed by atoms with Gasteiger partial charge in [-0.3, -0.25) is 0 Å². The molecule has 0 unspecified atom stereocenters. The fourth-order valence-corrected chi connectivity index (χ4v) is 1.84. The van der Waals surface area contributed by atoms with Crippen molar-refractivity contribution in [2.45, 2.75) is 13.0 Å². The standard InChI is InChI=1S/C13H13N3O/c1-9(11-3-2-8-17-11)15-12-5-4-10-6-7-14-13(10)16-12/h2-9H,1H3,(H2,14,15,16)/t9-/m0/s1. The first-order valence-corrected chi connectivity index (χ1v) is 5.57. The van der Waals surface area contributed by atoms with Crippen molar-refractivity contribution >= 4 is 16.9 Å². The van der Waals surface area contributed by atoms with Gasteiger partial charge in [-0.05, 0) is 37.3 Å². The number of rotatable bonds is 3. The van der Waals surface area contributed by atoms with Crippen LogP contribution < -0.4 is 5.32 Å². The summed E-state index contributed by atoms with van der Waals surface area (Å²) >= 11 is 0. The summed E-state index contributed by atoms with van der Waals surface area (Å²) in [5.41, 5.74) is 0.890. The minimum Gasteiger partial charge on any atom is -0.467 e. The average Bonchev–Trinajstić information content (AvgIpc) is 2.99. The Kier molecular flexibility index (Phi) is 2.33. The number of anilines is 1. The molecule has 3 aromatic rings. The Hall–Kier alpha value is -2.23. The van der Waals surface area contributed by atoms with Crippen molar-refractivity contribution in [2.24, 2.45) is 0 Å². The summed E-state index contributed by atoms with van der Waals surface area (Å²) in [7, 11) is 0. The van der Waals surface area contributed by atoms with Gasteiger partial charge in [0, 0.05) is 11.6 Å². The molecule has 0 fully saturated rings. The number of nitrogens with zero attached hydrogens (tertiary/aromatic N) is 1. The van der Waals surface area contributed by atoms with Crippen LogP contribution in [0.3, 0.4) is 0 Å². The molecule has 0 aliphatic rings. The highest BCUT2D eigenvalue weighted by atomic mass is 16.3. The lowest BCUT2D eigenvalue weighted by molar-refractivity contribution is 0.490. The smallest absolute Gasteiger partial charge is 0.139 e. The number of aromatic amines is 1. The van der Waals surface area contributed by atoms with Gasteiger partial charge in [0.25, 0.3) is 0 Å². The number of fused-ring (bicyclic) bond motifs is 1. The summed E-state index contributed by atoms with van der Waals surface area (Å²) in [5.74, 6) is 1.74. The molecule has 0 radical (unpaired) electrons. The molecule has 0 aliphatic heterocycles. The lowest BCUT2D eigenvalue weighted by Crippen LogP contribution is -2.06. The van der Waals surface area contributed by atoms with Crippen LogP contribution in [-0.4, -0.2) is 9.97 Å². The van der Waals surface area contributed by atoms with E-state index in [1.165, 1.54) is 0 Å². The molecule has 0 spiro atoms. The van der Waals surface area contributed by atoms with Gasteiger partial charge in [-0.15, -0.1) is 0 Å². The highest BCUT2D eigenvalue weighted by molar-refractivity contribution is 5.77. The summed E-state index contributed by atoms with van der Waals surface area (Å²) in [6, 6.07) is 9.94. The van der Waals surface area contributed by atoms with Gasteiger partial charge in [-0.1, -0.05) is 0 Å². The van der Waals surface area contributed by atoms with E-state index < -0.39 is 0 Å². The van der Waals surface area contributed by atoms with Gasteiger partial charge in [-0.2, -0.15) is 0 Å². The number of hydrogen-bond acceptors (Lipinski definition) is 3. The third-order valence-electron chi connectivity index (χ3n) is 2.74. The van der Waals surface area contributed by atoms with Gasteiger partial charge in [-0.25, -0.2) is 4.98 Å². The topological polar surface area (TPSA) is 53.9 Å². The Morgan fingerprint density at radius 1 is 1.29 bits per heavy atom. The monoisotopic (exact) mass is 227 g/mol. The predicted octanol–water partition coefficient (Wildman–Crippen LogP) is 3.33. The molecule has 17 heavy (non-hydrogen) atoms. The van der Waals surface area contributed by atoms with Crippen LogP contribution in [0.4, 0.5) is 5.82 Å². The Morgan fingerprint density at radius 3 is 3.06 bits per heavy atom. The van der Waals surface area contributed by atoms with E-state index in [4.69, 9.17) is 4.42 Å². The molecule has 4 heteroatoms. The van der Waals surface area contributed by atoms with Gasteiger partial charge in [0.2, 0.25) is 0 Å². The van der Waals surface area contributed by atoms with Crippen LogP contribution in [0.2, 0.25) is 0 Å². The first-order chi connectivity index (χ1) is 8.33. The molecule has 86 valence electrons. The number of furan rings is 1. The molecule has 0 aromatic carbocycles. The zero-order valence-corrected chi connectivity index (χ0v) is 9.47. The lowest BCUT2D eigenvalue weighted by atomic mass is 10.2. The third kappa shape index (κ3) is 1.89. The molecule has 0 bridgehead atoms. The molecule has 0 saturated carbocycles. The Labute approximate surface area is 98.7 Å². The molecular weight excluding hydrogens is 214 g/mol. The molecule has 3 heterocycles. The molecule has 0 aliphatic carbocycles. The molecule has 3 rings (SSSR count). The SMILES string of the molecule is C[C@H](Nc1ccc2cc[nH]c2n1)c1ccco1. The normalized spacial score (nSPS) is 12.8. The van der Waals surface area contributed by atoms with E-state index in [-0.39, 0.29) is 6.04 Å². The summed E-state index contributed by atoms with van der Waals surface area (Å²) in [4.78, 5) is 7.57. The quantitative estimate of drug-likeness (QED) is 0.721. The van der Waals surface area contributed by atoms with Crippen LogP contribution in [0.25, 0.3) is 11.0 Å². The maximum atomic E-state index is 5.34. The average molecular weight is 227 g/mol. The molecule has 0 saturated heterocycles. The molecule has 2 N–H and O–H groups in total. The Balaban J connectivity index is 1.84. The first-order valence-electron chi connectivity index (χ1n) is 5.57. The van der Waals surface area contributed by atoms with Gasteiger partial charge in [0.15, 0.2) is 0 Å². The Bertz CT molecular complexity index is 612. The zero-order chi connectivity index (χ0) is 11.7. The third-order valence-corrected chi connectivity index (χ3v) is 2.74. The molecule has 4 nitrogen and oxygen atoms in total. The molecular formula is C13H13N3O. The van der Waals surface area contributed by atoms with Crippen molar-refractivity contribution in [3.63, 3.8) is 0 Å². The van der Waals surface area contributed by atoms with Crippen molar-refractivity contribution < 1.29 is 4.42 Å². The fourth-order valence-electron chi connectivity index (χ4n) is 1.84. The summed E-state index contributed by atoms with van der Waals surface area (Å²) in [6.45, 7) is 2.04. The van der Waals surface area contributed by atoms with Crippen LogP contribution in [-0.2, 0) is 0 Å². The number of nitrogens with one attached hydrogen (secondary N) is 2. The van der Waals surface area contributed by atoms with Gasteiger partial charge in [0.05, 0.1) is 12.3 Å². The van der Waals surface area contributed by atoms with Crippen LogP contribution in [0.15, 0.2) is 47.2 Å². The highest BCUT2D eigenvalue weighted by Gasteiger charge is 2.08. The Morgan fingerprint density at radius 2 is 2.24 bits per heavy atom. The second-order valence-corrected chi connectivity index (χ2v) is 3.99. The van der Waals surface area contributed by atoms with E-state index >= 15 is 0 Å². The van der Waals surface area contributed by atoms with Crippen molar-refractivity contribution in [1.82, 2.24) is 9.97 Å². The van der Waals surface area contributed by atoms with E-state index in [0.717, 1.165) is 22.6 Å². The zero-order valence-electron chi connectivity index (χ0n) is 9.47. The minimum atomic E-state index is 0.102. The molecule has 0 amide bonds. The van der Waals surface area contributed by atoms with E-state index in [2.05, 4.69) is 15.3 Å². The van der Waals surface area contributed by atoms with Crippen LogP contribution in [0.1, 0.15) is 18.7 Å². The van der Waals surface area contributed by atoms with Crippen molar-refractivity contribution in [3.05, 3.63) is 48.6 Å². The van der Waals surface area contributed by atoms with E-state index in [0.29, 0.717) is 0 Å². The van der Waals surface area contributed by atoms with Crippen molar-refractivity contribution in [3.8, 4) is 0 Å². The van der Waals surface area contributed by atoms with E-state index in [9.17, 15) is 0 Å². The predicted molar refractivity (Wildman–Crippen MR) is 66.8 cm³/mol. The maximum Gasteiger partial charge on any atom is 0.139 e. The van der Waals surface area contributed by atoms with Crippen molar-refractivity contribution in [1.29, 1.82) is 0 Å². The second kappa shape index (κ2) is 3.97. The number of hydrogen-bond donors (Lipinski definition) is 2. The second-order valence-electron chi connectivity index (χ2n) is 3.99. The van der Waals surface area contributed by atoms with Gasteiger partial charge >= 0.3 is 0 Å². The van der Waals surface area contributed by atoms with Gasteiger partial charge in [0.1, 0.15) is 17.2 Å². The van der Waals surface area contributed by atoms with E-state index in [1.54, 1.807) is 6.26 Å². The lowest BCUT2D eigenvalue weighted by Gasteiger charge is -2.11. The minimum absolute atomic E-state index is 0.102. The van der Waals surface area contributed by atoms with Crippen LogP contribution >= 0.6 is 0 Å². The van der Waals surface area contributed by atoms with Crippen LogP contribution in [0, 0.1) is 0 Å². The summed E-state index contributed by atoms with van der Waals surface area (Å²) < 4.78 is 5.34. The van der Waals surface area contributed by atoms with Crippen molar-refractivity contribution in [2.75, 3.05) is 5.32 Å². The molecule has 1 atom stereocenters. The maximum absolute atomic E-state index is 5.34. The number of pyridine rings is 1. The summed E-state index contributed by atoms with van der Waals surface area (Å²) in [6.07, 6.45) is 3.56. The largest absolute Gasteiger partial charge is 0.467 e. The van der Waals surface area contributed by atoms with Crippen LogP contribution in [0.5, 0.6) is 0 Å². The number of aromatic nitrogens is 2. The highest BCUT2D eigenvalue weighted by Crippen LogP contribution is 2.20. The molecule has 3 aromatic heterocycles. The fraction of sp³-hybridized carbons (Fsp3) is 0.154. The number of H-pyrrole nitrogens is 1. The van der Waals surface area contributed by atoms with E-state index in [1.807, 2.05) is 43.5 Å². The van der Waals surface area contributed by atoms with Gasteiger partial charge < -0.3 is 14.7 Å². The summed E-state index contributed by atoms with van der Waals surface area (Å²) in [5, 5.41) is 4.41. The first kappa shape index (κ1) is 9.96.